The zero-order valence-corrected chi connectivity index (χ0v) is 12.4. The van der Waals surface area contributed by atoms with E-state index in [1.54, 1.807) is 25.2 Å². The summed E-state index contributed by atoms with van der Waals surface area (Å²) in [6, 6.07) is 4.92. The Bertz CT molecular complexity index is 661. The van der Waals surface area contributed by atoms with E-state index < -0.39 is 10.0 Å². The second-order valence-corrected chi connectivity index (χ2v) is 7.41. The molecule has 108 valence electrons. The molecule has 2 aliphatic rings. The van der Waals surface area contributed by atoms with Crippen LogP contribution in [0.4, 0.5) is 11.4 Å². The number of sulfonamides is 1. The Balaban J connectivity index is 2.14. The molecule has 0 aromatic heterocycles. The molecule has 0 unspecified atom stereocenters. The van der Waals surface area contributed by atoms with Crippen LogP contribution < -0.4 is 5.73 Å². The van der Waals surface area contributed by atoms with Gasteiger partial charge in [-0.2, -0.15) is 0 Å². The first-order chi connectivity index (χ1) is 9.51. The van der Waals surface area contributed by atoms with Crippen molar-refractivity contribution in [2.75, 3.05) is 12.8 Å². The number of hydrogen-bond acceptors (Lipinski definition) is 4. The molecule has 1 aliphatic heterocycles. The standard InChI is InChI=1S/C14H19N3O2S/c1-17-14(10-6-3-2-4-7-10)16-13-11(15)8-5-9-12(13)20(17,18)19/h5,8-10H,2-4,6-7,15H2,1H3. The second-order valence-electron chi connectivity index (χ2n) is 5.47. The lowest BCUT2D eigenvalue weighted by Gasteiger charge is -2.33. The molecule has 1 heterocycles. The van der Waals surface area contributed by atoms with Crippen molar-refractivity contribution in [1.82, 2.24) is 4.31 Å². The molecule has 1 fully saturated rings. The molecule has 0 bridgehead atoms. The van der Waals surface area contributed by atoms with Crippen LogP contribution in [0.3, 0.4) is 0 Å². The Morgan fingerprint density at radius 2 is 1.95 bits per heavy atom. The lowest BCUT2D eigenvalue weighted by molar-refractivity contribution is 0.418. The maximum atomic E-state index is 12.6. The van der Waals surface area contributed by atoms with Gasteiger partial charge in [-0.25, -0.2) is 13.4 Å². The molecular weight excluding hydrogens is 274 g/mol. The second kappa shape index (κ2) is 4.77. The summed E-state index contributed by atoms with van der Waals surface area (Å²) in [6.07, 6.45) is 5.49. The molecule has 0 amide bonds. The zero-order chi connectivity index (χ0) is 14.3. The molecule has 5 nitrogen and oxygen atoms in total. The van der Waals surface area contributed by atoms with Crippen LogP contribution in [0.15, 0.2) is 28.1 Å². The van der Waals surface area contributed by atoms with Crippen molar-refractivity contribution in [2.24, 2.45) is 10.9 Å². The van der Waals surface area contributed by atoms with Gasteiger partial charge in [0.25, 0.3) is 10.0 Å². The highest BCUT2D eigenvalue weighted by Gasteiger charge is 2.35. The highest BCUT2D eigenvalue weighted by atomic mass is 32.2. The first-order valence-electron chi connectivity index (χ1n) is 6.98. The van der Waals surface area contributed by atoms with Crippen molar-refractivity contribution in [3.8, 4) is 0 Å². The van der Waals surface area contributed by atoms with E-state index in [0.717, 1.165) is 25.7 Å². The largest absolute Gasteiger partial charge is 0.397 e. The van der Waals surface area contributed by atoms with Gasteiger partial charge in [0.2, 0.25) is 0 Å². The van der Waals surface area contributed by atoms with E-state index in [4.69, 9.17) is 5.73 Å². The Hall–Kier alpha value is -1.56. The van der Waals surface area contributed by atoms with Crippen molar-refractivity contribution >= 4 is 27.2 Å². The normalized spacial score (nSPS) is 22.2. The summed E-state index contributed by atoms with van der Waals surface area (Å²) in [5.74, 6) is 0.867. The van der Waals surface area contributed by atoms with Crippen LogP contribution in [0, 0.1) is 5.92 Å². The molecule has 0 saturated heterocycles. The van der Waals surface area contributed by atoms with Crippen molar-refractivity contribution in [2.45, 2.75) is 37.0 Å². The number of nitrogens with zero attached hydrogens (tertiary/aromatic N) is 2. The third kappa shape index (κ3) is 1.98. The van der Waals surface area contributed by atoms with Gasteiger partial charge in [0, 0.05) is 13.0 Å². The summed E-state index contributed by atoms with van der Waals surface area (Å²) in [5.41, 5.74) is 6.74. The number of benzene rings is 1. The predicted molar refractivity (Wildman–Crippen MR) is 79.5 cm³/mol. The number of anilines is 1. The van der Waals surface area contributed by atoms with Crippen molar-refractivity contribution in [3.63, 3.8) is 0 Å². The Labute approximate surface area is 119 Å². The third-order valence-electron chi connectivity index (χ3n) is 4.19. The Morgan fingerprint density at radius 1 is 1.25 bits per heavy atom. The average molecular weight is 293 g/mol. The van der Waals surface area contributed by atoms with E-state index >= 15 is 0 Å². The van der Waals surface area contributed by atoms with Gasteiger partial charge in [-0.1, -0.05) is 25.3 Å². The molecule has 1 aliphatic carbocycles. The Kier molecular flexibility index (Phi) is 3.20. The number of rotatable bonds is 1. The van der Waals surface area contributed by atoms with Crippen LogP contribution in [-0.4, -0.2) is 25.6 Å². The van der Waals surface area contributed by atoms with Gasteiger partial charge in [-0.3, -0.25) is 4.31 Å². The molecule has 0 radical (unpaired) electrons. The monoisotopic (exact) mass is 293 g/mol. The molecule has 0 atom stereocenters. The summed E-state index contributed by atoms with van der Waals surface area (Å²) in [5, 5.41) is 0. The highest BCUT2D eigenvalue weighted by molar-refractivity contribution is 7.90. The fraction of sp³-hybridized carbons (Fsp3) is 0.500. The van der Waals surface area contributed by atoms with Gasteiger partial charge < -0.3 is 5.73 Å². The average Bonchev–Trinajstić information content (AvgIpc) is 2.45. The summed E-state index contributed by atoms with van der Waals surface area (Å²) < 4.78 is 26.5. The number of amidine groups is 1. The smallest absolute Gasteiger partial charge is 0.267 e. The van der Waals surface area contributed by atoms with Gasteiger partial charge in [-0.05, 0) is 25.0 Å². The first-order valence-corrected chi connectivity index (χ1v) is 8.42. The number of nitrogens with two attached hydrogens (primary N) is 1. The van der Waals surface area contributed by atoms with Crippen molar-refractivity contribution < 1.29 is 8.42 Å². The van der Waals surface area contributed by atoms with E-state index in [-0.39, 0.29) is 10.8 Å². The van der Waals surface area contributed by atoms with E-state index in [1.807, 2.05) is 0 Å². The Morgan fingerprint density at radius 3 is 2.65 bits per heavy atom. The van der Waals surface area contributed by atoms with Crippen LogP contribution in [0.5, 0.6) is 0 Å². The molecular formula is C14H19N3O2S. The molecule has 3 rings (SSSR count). The van der Waals surface area contributed by atoms with Gasteiger partial charge in [0.15, 0.2) is 0 Å². The first kappa shape index (κ1) is 13.4. The van der Waals surface area contributed by atoms with Crippen LogP contribution in [0.25, 0.3) is 0 Å². The van der Waals surface area contributed by atoms with E-state index in [2.05, 4.69) is 4.99 Å². The molecule has 2 N–H and O–H groups in total. The third-order valence-corrected chi connectivity index (χ3v) is 5.98. The molecule has 0 spiro atoms. The molecule has 1 aromatic carbocycles. The molecule has 1 saturated carbocycles. The minimum atomic E-state index is -3.52. The van der Waals surface area contributed by atoms with Crippen LogP contribution in [0.1, 0.15) is 32.1 Å². The van der Waals surface area contributed by atoms with Crippen LogP contribution in [-0.2, 0) is 10.0 Å². The lowest BCUT2D eigenvalue weighted by atomic mass is 9.88. The minimum absolute atomic E-state index is 0.208. The van der Waals surface area contributed by atoms with E-state index in [9.17, 15) is 8.42 Å². The summed E-state index contributed by atoms with van der Waals surface area (Å²) >= 11 is 0. The zero-order valence-electron chi connectivity index (χ0n) is 11.5. The topological polar surface area (TPSA) is 75.8 Å². The fourth-order valence-corrected chi connectivity index (χ4v) is 4.42. The van der Waals surface area contributed by atoms with E-state index in [1.165, 1.54) is 10.7 Å². The number of aliphatic imine (C=N–C) groups is 1. The number of para-hydroxylation sites is 1. The highest BCUT2D eigenvalue weighted by Crippen LogP contribution is 2.39. The number of hydrogen-bond donors (Lipinski definition) is 1. The van der Waals surface area contributed by atoms with Gasteiger partial charge in [0.05, 0.1) is 5.69 Å². The van der Waals surface area contributed by atoms with Crippen molar-refractivity contribution in [1.29, 1.82) is 0 Å². The van der Waals surface area contributed by atoms with Gasteiger partial charge in [0.1, 0.15) is 16.4 Å². The van der Waals surface area contributed by atoms with Crippen LogP contribution in [0.2, 0.25) is 0 Å². The molecule has 1 aromatic rings. The summed E-state index contributed by atoms with van der Waals surface area (Å²) in [7, 11) is -1.93. The summed E-state index contributed by atoms with van der Waals surface area (Å²) in [4.78, 5) is 4.79. The molecule has 6 heteroatoms. The SMILES string of the molecule is CN1C(C2CCCCC2)=Nc2c(N)cccc2S1(=O)=O. The maximum absolute atomic E-state index is 12.6. The van der Waals surface area contributed by atoms with Crippen molar-refractivity contribution in [3.05, 3.63) is 18.2 Å². The molecule has 20 heavy (non-hydrogen) atoms. The maximum Gasteiger partial charge on any atom is 0.267 e. The van der Waals surface area contributed by atoms with E-state index in [0.29, 0.717) is 17.2 Å². The quantitative estimate of drug-likeness (QED) is 0.808. The van der Waals surface area contributed by atoms with Gasteiger partial charge >= 0.3 is 0 Å². The van der Waals surface area contributed by atoms with Crippen LogP contribution >= 0.6 is 0 Å². The minimum Gasteiger partial charge on any atom is -0.397 e. The number of nitrogen functional groups attached to an aromatic ring is 1. The fourth-order valence-electron chi connectivity index (χ4n) is 3.03. The van der Waals surface area contributed by atoms with Gasteiger partial charge in [-0.15, -0.1) is 0 Å². The predicted octanol–water partition coefficient (Wildman–Crippen LogP) is 2.51. The summed E-state index contributed by atoms with van der Waals surface area (Å²) in [6.45, 7) is 0. The number of fused-ring (bicyclic) bond motifs is 1. The lowest BCUT2D eigenvalue weighted by Crippen LogP contribution is -2.40.